The monoisotopic (exact) mass is 441 g/mol. The number of carbonyl (C=O) groups excluding carboxylic acids is 1. The van der Waals surface area contributed by atoms with Crippen LogP contribution in [0.4, 0.5) is 0 Å². The molecule has 4 atom stereocenters. The van der Waals surface area contributed by atoms with Crippen LogP contribution in [0.5, 0.6) is 0 Å². The number of carboxylic acid groups (broad SMARTS) is 1. The Bertz CT molecular complexity index is 367. The van der Waals surface area contributed by atoms with Crippen LogP contribution in [0.25, 0.3) is 0 Å². The molecular formula is C15H25Br2NO4. The van der Waals surface area contributed by atoms with Crippen molar-refractivity contribution in [1.82, 2.24) is 5.32 Å². The topological polar surface area (TPSA) is 86.6 Å². The largest absolute Gasteiger partial charge is 0.481 e. The van der Waals surface area contributed by atoms with Gasteiger partial charge in [0, 0.05) is 22.6 Å². The third-order valence-electron chi connectivity index (χ3n) is 3.98. The molecule has 1 amide bonds. The zero-order valence-corrected chi connectivity index (χ0v) is 15.8. The van der Waals surface area contributed by atoms with Crippen molar-refractivity contribution in [1.29, 1.82) is 0 Å². The first-order valence-corrected chi connectivity index (χ1v) is 9.70. The summed E-state index contributed by atoms with van der Waals surface area (Å²) in [5.41, 5.74) is 0. The van der Waals surface area contributed by atoms with Crippen molar-refractivity contribution in [2.24, 2.45) is 5.92 Å². The maximum absolute atomic E-state index is 12.1. The Hall–Kier alpha value is -0.140. The molecule has 4 unspecified atom stereocenters. The summed E-state index contributed by atoms with van der Waals surface area (Å²) in [5, 5.41) is 21.5. The molecule has 1 aliphatic rings. The van der Waals surface area contributed by atoms with E-state index >= 15 is 0 Å². The Morgan fingerprint density at radius 2 is 1.68 bits per heavy atom. The molecule has 0 heterocycles. The molecule has 1 aliphatic carbocycles. The molecular weight excluding hydrogens is 418 g/mol. The highest BCUT2D eigenvalue weighted by atomic mass is 79.9. The van der Waals surface area contributed by atoms with Gasteiger partial charge in [-0.15, -0.1) is 0 Å². The van der Waals surface area contributed by atoms with E-state index in [4.69, 9.17) is 5.11 Å². The van der Waals surface area contributed by atoms with Crippen molar-refractivity contribution >= 4 is 43.7 Å². The lowest BCUT2D eigenvalue weighted by Crippen LogP contribution is -2.46. The summed E-state index contributed by atoms with van der Waals surface area (Å²) in [6, 6.07) is 0. The number of nitrogens with one attached hydrogen (secondary N) is 1. The Morgan fingerprint density at radius 3 is 2.36 bits per heavy atom. The Labute approximate surface area is 148 Å². The van der Waals surface area contributed by atoms with Crippen molar-refractivity contribution in [2.45, 2.75) is 67.1 Å². The van der Waals surface area contributed by atoms with Gasteiger partial charge in [0.25, 0.3) is 0 Å². The van der Waals surface area contributed by atoms with E-state index in [2.05, 4.69) is 37.2 Å². The van der Waals surface area contributed by atoms with Gasteiger partial charge in [-0.25, -0.2) is 0 Å². The average molecular weight is 443 g/mol. The molecule has 128 valence electrons. The predicted octanol–water partition coefficient (Wildman–Crippen LogP) is 2.83. The Kier molecular flexibility index (Phi) is 9.59. The molecule has 3 N–H and O–H groups in total. The lowest BCUT2D eigenvalue weighted by molar-refractivity contribution is -0.137. The maximum atomic E-state index is 12.1. The van der Waals surface area contributed by atoms with Crippen molar-refractivity contribution in [3.8, 4) is 0 Å². The number of aliphatic hydroxyl groups is 1. The lowest BCUT2D eigenvalue weighted by atomic mass is 9.85. The first kappa shape index (κ1) is 19.9. The normalized spacial score (nSPS) is 28.3. The average Bonchev–Trinajstić information content (AvgIpc) is 2.45. The number of alkyl halides is 2. The lowest BCUT2D eigenvalue weighted by Gasteiger charge is -2.33. The minimum absolute atomic E-state index is 0.0457. The maximum Gasteiger partial charge on any atom is 0.303 e. The van der Waals surface area contributed by atoms with Gasteiger partial charge >= 0.3 is 5.97 Å². The summed E-state index contributed by atoms with van der Waals surface area (Å²) in [4.78, 5) is 22.7. The van der Waals surface area contributed by atoms with Crippen molar-refractivity contribution in [2.75, 3.05) is 6.54 Å². The third-order valence-corrected chi connectivity index (χ3v) is 5.64. The number of carbonyl (C=O) groups is 2. The molecule has 22 heavy (non-hydrogen) atoms. The molecule has 7 heteroatoms. The van der Waals surface area contributed by atoms with Gasteiger partial charge in [0.15, 0.2) is 0 Å². The molecule has 5 nitrogen and oxygen atoms in total. The summed E-state index contributed by atoms with van der Waals surface area (Å²) >= 11 is 6.96. The number of aliphatic carboxylic acids is 1. The first-order valence-electron chi connectivity index (χ1n) is 7.87. The number of hydrogen-bond donors (Lipinski definition) is 3. The zero-order chi connectivity index (χ0) is 16.5. The zero-order valence-electron chi connectivity index (χ0n) is 12.6. The second-order valence-corrected chi connectivity index (χ2v) is 8.36. The summed E-state index contributed by atoms with van der Waals surface area (Å²) in [6.45, 7) is 0.612. The Balaban J connectivity index is 2.11. The van der Waals surface area contributed by atoms with E-state index < -0.39 is 12.1 Å². The van der Waals surface area contributed by atoms with Crippen LogP contribution in [-0.2, 0) is 9.59 Å². The number of carboxylic acids is 1. The molecule has 0 radical (unpaired) electrons. The van der Waals surface area contributed by atoms with Crippen molar-refractivity contribution < 1.29 is 19.8 Å². The SMILES string of the molecule is O=C(O)CCCCCCCNC(=O)C1CC(Br)CC(Br)C1O. The summed E-state index contributed by atoms with van der Waals surface area (Å²) in [7, 11) is 0. The number of hydrogen-bond acceptors (Lipinski definition) is 3. The highest BCUT2D eigenvalue weighted by Crippen LogP contribution is 2.33. The Morgan fingerprint density at radius 1 is 1.05 bits per heavy atom. The number of halogens is 2. The molecule has 0 aromatic heterocycles. The fourth-order valence-corrected chi connectivity index (χ4v) is 4.81. The van der Waals surface area contributed by atoms with E-state index in [1.54, 1.807) is 0 Å². The molecule has 0 aromatic carbocycles. The predicted molar refractivity (Wildman–Crippen MR) is 92.5 cm³/mol. The van der Waals surface area contributed by atoms with Gasteiger partial charge in [0.05, 0.1) is 12.0 Å². The van der Waals surface area contributed by atoms with E-state index in [1.165, 1.54) is 0 Å². The molecule has 0 saturated heterocycles. The van der Waals surface area contributed by atoms with Gasteiger partial charge in [-0.05, 0) is 25.7 Å². The number of aliphatic hydroxyl groups excluding tert-OH is 1. The second kappa shape index (κ2) is 10.6. The quantitative estimate of drug-likeness (QED) is 0.378. The van der Waals surface area contributed by atoms with E-state index in [9.17, 15) is 14.7 Å². The van der Waals surface area contributed by atoms with Crippen LogP contribution in [0.3, 0.4) is 0 Å². The molecule has 1 saturated carbocycles. The molecule has 1 rings (SSSR count). The van der Waals surface area contributed by atoms with Gasteiger partial charge in [0.1, 0.15) is 0 Å². The minimum Gasteiger partial charge on any atom is -0.481 e. The standard InChI is InChI=1S/C15H25Br2NO4/c16-10-8-11(14(21)12(17)9-10)15(22)18-7-5-3-1-2-4-6-13(19)20/h10-12,14,21H,1-9H2,(H,18,22)(H,19,20). The van der Waals surface area contributed by atoms with Crippen LogP contribution >= 0.6 is 31.9 Å². The van der Waals surface area contributed by atoms with Gasteiger partial charge in [-0.2, -0.15) is 0 Å². The molecule has 0 bridgehead atoms. The molecule has 1 fully saturated rings. The fourth-order valence-electron chi connectivity index (χ4n) is 2.68. The molecule has 0 aromatic rings. The highest BCUT2D eigenvalue weighted by Gasteiger charge is 2.38. The van der Waals surface area contributed by atoms with Crippen molar-refractivity contribution in [3.05, 3.63) is 0 Å². The first-order chi connectivity index (χ1) is 10.4. The highest BCUT2D eigenvalue weighted by molar-refractivity contribution is 9.10. The van der Waals surface area contributed by atoms with E-state index in [0.29, 0.717) is 13.0 Å². The van der Waals surface area contributed by atoms with E-state index in [0.717, 1.165) is 38.5 Å². The number of amides is 1. The smallest absolute Gasteiger partial charge is 0.303 e. The third kappa shape index (κ3) is 7.42. The summed E-state index contributed by atoms with van der Waals surface area (Å²) in [5.74, 6) is -1.18. The van der Waals surface area contributed by atoms with Gasteiger partial charge in [-0.3, -0.25) is 9.59 Å². The summed E-state index contributed by atoms with van der Waals surface area (Å²) < 4.78 is 0. The van der Waals surface area contributed by atoms with Crippen LogP contribution in [-0.4, -0.2) is 44.4 Å². The van der Waals surface area contributed by atoms with Crippen LogP contribution in [0.1, 0.15) is 51.4 Å². The number of unbranched alkanes of at least 4 members (excludes halogenated alkanes) is 4. The molecule has 0 spiro atoms. The van der Waals surface area contributed by atoms with Crippen LogP contribution in [0, 0.1) is 5.92 Å². The van der Waals surface area contributed by atoms with Crippen LogP contribution in [0.2, 0.25) is 0 Å². The molecule has 0 aliphatic heterocycles. The van der Waals surface area contributed by atoms with Gasteiger partial charge < -0.3 is 15.5 Å². The number of rotatable bonds is 9. The van der Waals surface area contributed by atoms with Crippen molar-refractivity contribution in [3.63, 3.8) is 0 Å². The van der Waals surface area contributed by atoms with E-state index in [-0.39, 0.29) is 27.9 Å². The minimum atomic E-state index is -0.742. The van der Waals surface area contributed by atoms with Gasteiger partial charge in [0.2, 0.25) is 5.91 Å². The summed E-state index contributed by atoms with van der Waals surface area (Å²) in [6.07, 6.45) is 5.57. The van der Waals surface area contributed by atoms with Crippen LogP contribution in [0.15, 0.2) is 0 Å². The fraction of sp³-hybridized carbons (Fsp3) is 0.867. The van der Waals surface area contributed by atoms with Gasteiger partial charge in [-0.1, -0.05) is 51.1 Å². The second-order valence-electron chi connectivity index (χ2n) is 5.88. The van der Waals surface area contributed by atoms with Crippen LogP contribution < -0.4 is 5.32 Å². The van der Waals surface area contributed by atoms with E-state index in [1.807, 2.05) is 0 Å².